The average Bonchev–Trinajstić information content (AvgIpc) is 2.86. The minimum absolute atomic E-state index is 0.0268. The number of rotatable bonds is 4. The molecule has 2 rings (SSSR count). The van der Waals surface area contributed by atoms with Crippen LogP contribution in [-0.4, -0.2) is 15.9 Å². The highest BCUT2D eigenvalue weighted by Crippen LogP contribution is 2.21. The highest BCUT2D eigenvalue weighted by molar-refractivity contribution is 5.81. The molecule has 0 aromatic carbocycles. The molecule has 0 unspecified atom stereocenters. The molecule has 0 aliphatic rings. The zero-order chi connectivity index (χ0) is 12.4. The van der Waals surface area contributed by atoms with Crippen LogP contribution in [0, 0.1) is 12.8 Å². The third-order valence-electron chi connectivity index (χ3n) is 2.54. The molecular weight excluding hydrogens is 220 g/mol. The van der Waals surface area contributed by atoms with Crippen LogP contribution in [0.15, 0.2) is 21.3 Å². The van der Waals surface area contributed by atoms with Crippen LogP contribution in [0.1, 0.15) is 25.5 Å². The number of Topliss-reactive ketones (excluding diaryl/α,β-unsaturated/α-hetero) is 1. The van der Waals surface area contributed by atoms with Crippen molar-refractivity contribution in [2.45, 2.75) is 27.2 Å². The summed E-state index contributed by atoms with van der Waals surface area (Å²) < 4.78 is 10.2. The molecule has 2 aromatic heterocycles. The largest absolute Gasteiger partial charge is 0.469 e. The van der Waals surface area contributed by atoms with E-state index in [1.807, 2.05) is 20.8 Å². The standard InChI is InChI=1S/C12H14N2O3/c1-7(2)10(15)6-11-13-12(14-17-11)9-4-5-16-8(9)3/h4-5,7H,6H2,1-3H3. The summed E-state index contributed by atoms with van der Waals surface area (Å²) in [5, 5.41) is 3.83. The van der Waals surface area contributed by atoms with Crippen molar-refractivity contribution < 1.29 is 13.7 Å². The number of carbonyl (C=O) groups excluding carboxylic acids is 1. The first-order valence-electron chi connectivity index (χ1n) is 5.47. The number of hydrogen-bond acceptors (Lipinski definition) is 5. The molecule has 5 heteroatoms. The molecule has 0 radical (unpaired) electrons. The van der Waals surface area contributed by atoms with Crippen LogP contribution in [0.2, 0.25) is 0 Å². The molecule has 0 saturated heterocycles. The second kappa shape index (κ2) is 4.53. The second-order valence-corrected chi connectivity index (χ2v) is 4.20. The first-order chi connectivity index (χ1) is 8.08. The van der Waals surface area contributed by atoms with Gasteiger partial charge in [0.05, 0.1) is 18.2 Å². The fourth-order valence-corrected chi connectivity index (χ4v) is 1.41. The van der Waals surface area contributed by atoms with E-state index in [4.69, 9.17) is 8.94 Å². The second-order valence-electron chi connectivity index (χ2n) is 4.20. The molecule has 17 heavy (non-hydrogen) atoms. The predicted molar refractivity (Wildman–Crippen MR) is 60.3 cm³/mol. The molecular formula is C12H14N2O3. The Morgan fingerprint density at radius 3 is 2.82 bits per heavy atom. The first-order valence-corrected chi connectivity index (χ1v) is 5.47. The van der Waals surface area contributed by atoms with E-state index >= 15 is 0 Å². The monoisotopic (exact) mass is 234 g/mol. The lowest BCUT2D eigenvalue weighted by Crippen LogP contribution is -2.10. The van der Waals surface area contributed by atoms with E-state index in [2.05, 4.69) is 10.1 Å². The lowest BCUT2D eigenvalue weighted by molar-refractivity contribution is -0.121. The van der Waals surface area contributed by atoms with Gasteiger partial charge in [-0.05, 0) is 13.0 Å². The zero-order valence-electron chi connectivity index (χ0n) is 10.1. The van der Waals surface area contributed by atoms with Crippen molar-refractivity contribution in [3.63, 3.8) is 0 Å². The maximum Gasteiger partial charge on any atom is 0.234 e. The van der Waals surface area contributed by atoms with Crippen LogP contribution in [0.5, 0.6) is 0 Å². The van der Waals surface area contributed by atoms with Crippen LogP contribution < -0.4 is 0 Å². The summed E-state index contributed by atoms with van der Waals surface area (Å²) in [6.07, 6.45) is 1.75. The van der Waals surface area contributed by atoms with Crippen molar-refractivity contribution in [1.29, 1.82) is 0 Å². The van der Waals surface area contributed by atoms with E-state index in [9.17, 15) is 4.79 Å². The molecule has 0 bridgehead atoms. The van der Waals surface area contributed by atoms with Crippen molar-refractivity contribution >= 4 is 5.78 Å². The Bertz CT molecular complexity index is 525. The number of nitrogens with zero attached hydrogens (tertiary/aromatic N) is 2. The van der Waals surface area contributed by atoms with E-state index in [0.717, 1.165) is 11.3 Å². The summed E-state index contributed by atoms with van der Waals surface area (Å²) in [5.74, 6) is 1.60. The van der Waals surface area contributed by atoms with E-state index in [-0.39, 0.29) is 18.1 Å². The molecule has 2 heterocycles. The summed E-state index contributed by atoms with van der Waals surface area (Å²) in [4.78, 5) is 15.7. The van der Waals surface area contributed by atoms with Gasteiger partial charge in [0, 0.05) is 5.92 Å². The van der Waals surface area contributed by atoms with Gasteiger partial charge in [-0.3, -0.25) is 4.79 Å². The third kappa shape index (κ3) is 2.43. The topological polar surface area (TPSA) is 69.1 Å². The molecule has 0 aliphatic heterocycles. The Hall–Kier alpha value is -1.91. The Labute approximate surface area is 98.8 Å². The normalized spacial score (nSPS) is 11.1. The van der Waals surface area contributed by atoms with Crippen molar-refractivity contribution in [2.75, 3.05) is 0 Å². The van der Waals surface area contributed by atoms with Crippen LogP contribution in [-0.2, 0) is 11.2 Å². The van der Waals surface area contributed by atoms with Crippen LogP contribution in [0.4, 0.5) is 0 Å². The van der Waals surface area contributed by atoms with Gasteiger partial charge in [0.25, 0.3) is 0 Å². The molecule has 0 N–H and O–H groups in total. The molecule has 90 valence electrons. The Kier molecular flexibility index (Phi) is 3.08. The van der Waals surface area contributed by atoms with Crippen LogP contribution >= 0.6 is 0 Å². The third-order valence-corrected chi connectivity index (χ3v) is 2.54. The van der Waals surface area contributed by atoms with Crippen LogP contribution in [0.25, 0.3) is 11.4 Å². The minimum atomic E-state index is -0.0268. The molecule has 2 aromatic rings. The summed E-state index contributed by atoms with van der Waals surface area (Å²) in [7, 11) is 0. The van der Waals surface area contributed by atoms with E-state index in [0.29, 0.717) is 11.7 Å². The number of ketones is 1. The zero-order valence-corrected chi connectivity index (χ0v) is 10.1. The summed E-state index contributed by atoms with van der Waals surface area (Å²) in [6, 6.07) is 1.77. The van der Waals surface area contributed by atoms with Gasteiger partial charge in [0.1, 0.15) is 11.5 Å². The number of furan rings is 1. The SMILES string of the molecule is Cc1occc1-c1noc(CC(=O)C(C)C)n1. The van der Waals surface area contributed by atoms with Gasteiger partial charge in [-0.25, -0.2) is 0 Å². The van der Waals surface area contributed by atoms with Gasteiger partial charge >= 0.3 is 0 Å². The summed E-state index contributed by atoms with van der Waals surface area (Å²) >= 11 is 0. The fraction of sp³-hybridized carbons (Fsp3) is 0.417. The van der Waals surface area contributed by atoms with Gasteiger partial charge in [-0.2, -0.15) is 4.98 Å². The van der Waals surface area contributed by atoms with E-state index in [1.54, 1.807) is 12.3 Å². The lowest BCUT2D eigenvalue weighted by atomic mass is 10.1. The lowest BCUT2D eigenvalue weighted by Gasteiger charge is -1.98. The summed E-state index contributed by atoms with van der Waals surface area (Å²) in [5.41, 5.74) is 0.789. The molecule has 0 amide bonds. The minimum Gasteiger partial charge on any atom is -0.469 e. The van der Waals surface area contributed by atoms with Crippen molar-refractivity contribution in [3.8, 4) is 11.4 Å². The Morgan fingerprint density at radius 1 is 1.47 bits per heavy atom. The van der Waals surface area contributed by atoms with E-state index in [1.165, 1.54) is 0 Å². The van der Waals surface area contributed by atoms with Gasteiger partial charge in [-0.1, -0.05) is 19.0 Å². The Balaban J connectivity index is 2.17. The van der Waals surface area contributed by atoms with Crippen molar-refractivity contribution in [2.24, 2.45) is 5.92 Å². The van der Waals surface area contributed by atoms with Crippen LogP contribution in [0.3, 0.4) is 0 Å². The number of aromatic nitrogens is 2. The molecule has 0 spiro atoms. The smallest absolute Gasteiger partial charge is 0.234 e. The number of aryl methyl sites for hydroxylation is 1. The highest BCUT2D eigenvalue weighted by Gasteiger charge is 2.16. The Morgan fingerprint density at radius 2 is 2.24 bits per heavy atom. The number of hydrogen-bond donors (Lipinski definition) is 0. The van der Waals surface area contributed by atoms with E-state index < -0.39 is 0 Å². The maximum absolute atomic E-state index is 11.5. The van der Waals surface area contributed by atoms with Gasteiger partial charge in [-0.15, -0.1) is 0 Å². The molecule has 5 nitrogen and oxygen atoms in total. The summed E-state index contributed by atoms with van der Waals surface area (Å²) in [6.45, 7) is 5.52. The first kappa shape index (κ1) is 11.6. The average molecular weight is 234 g/mol. The van der Waals surface area contributed by atoms with Crippen molar-refractivity contribution in [3.05, 3.63) is 24.0 Å². The van der Waals surface area contributed by atoms with Gasteiger partial charge in [0.15, 0.2) is 0 Å². The van der Waals surface area contributed by atoms with Gasteiger partial charge < -0.3 is 8.94 Å². The molecule has 0 saturated carbocycles. The fourth-order valence-electron chi connectivity index (χ4n) is 1.41. The predicted octanol–water partition coefficient (Wildman–Crippen LogP) is 2.41. The highest BCUT2D eigenvalue weighted by atomic mass is 16.5. The molecule has 0 aliphatic carbocycles. The molecule has 0 fully saturated rings. The molecule has 0 atom stereocenters. The number of carbonyl (C=O) groups is 1. The quantitative estimate of drug-likeness (QED) is 0.812. The van der Waals surface area contributed by atoms with Gasteiger partial charge in [0.2, 0.25) is 11.7 Å². The van der Waals surface area contributed by atoms with Crippen molar-refractivity contribution in [1.82, 2.24) is 10.1 Å². The maximum atomic E-state index is 11.5.